The molecule has 3 rings (SSSR count). The molecule has 1 aliphatic heterocycles. The Morgan fingerprint density at radius 2 is 1.84 bits per heavy atom. The van der Waals surface area contributed by atoms with Gasteiger partial charge in [0, 0.05) is 19.2 Å². The van der Waals surface area contributed by atoms with Gasteiger partial charge in [0.25, 0.3) is 5.91 Å². The highest BCUT2D eigenvalue weighted by Gasteiger charge is 2.36. The van der Waals surface area contributed by atoms with E-state index in [0.717, 1.165) is 4.31 Å². The van der Waals surface area contributed by atoms with Crippen LogP contribution in [0, 0.1) is 0 Å². The summed E-state index contributed by atoms with van der Waals surface area (Å²) in [6.07, 6.45) is -0.0582. The van der Waals surface area contributed by atoms with Crippen LogP contribution in [0.15, 0.2) is 48.5 Å². The van der Waals surface area contributed by atoms with Crippen molar-refractivity contribution < 1.29 is 18.0 Å². The lowest BCUT2D eigenvalue weighted by atomic mass is 10.1. The molecule has 0 N–H and O–H groups in total. The molecule has 0 spiro atoms. The van der Waals surface area contributed by atoms with Crippen LogP contribution in [-0.4, -0.2) is 33.0 Å². The number of rotatable bonds is 3. The molecule has 2 amide bonds. The Balaban J connectivity index is 1.93. The third kappa shape index (κ3) is 3.25. The number of benzene rings is 2. The number of amides is 2. The molecule has 1 heterocycles. The highest BCUT2D eigenvalue weighted by molar-refractivity contribution is 7.94. The lowest BCUT2D eigenvalue weighted by Gasteiger charge is -2.19. The SMILES string of the molecule is CN(C(=O)c1ccc(N2C(=O)CCS2(=O)=O)cc1Cl)c1ccccc1. The molecular weight excluding hydrogens is 364 g/mol. The first-order valence-corrected chi connectivity index (χ1v) is 9.48. The molecule has 1 saturated heterocycles. The van der Waals surface area contributed by atoms with Gasteiger partial charge in [0.15, 0.2) is 0 Å². The van der Waals surface area contributed by atoms with Crippen molar-refractivity contribution in [2.24, 2.45) is 0 Å². The molecule has 6 nitrogen and oxygen atoms in total. The molecular formula is C17H15ClN2O4S. The van der Waals surface area contributed by atoms with Gasteiger partial charge >= 0.3 is 0 Å². The van der Waals surface area contributed by atoms with E-state index in [-0.39, 0.29) is 34.4 Å². The van der Waals surface area contributed by atoms with E-state index in [1.807, 2.05) is 18.2 Å². The Morgan fingerprint density at radius 1 is 1.16 bits per heavy atom. The van der Waals surface area contributed by atoms with Crippen LogP contribution in [0.5, 0.6) is 0 Å². The van der Waals surface area contributed by atoms with Crippen LogP contribution in [0.4, 0.5) is 11.4 Å². The topological polar surface area (TPSA) is 74.8 Å². The second kappa shape index (κ2) is 6.50. The van der Waals surface area contributed by atoms with Crippen LogP contribution in [0.25, 0.3) is 0 Å². The second-order valence-electron chi connectivity index (χ2n) is 5.59. The van der Waals surface area contributed by atoms with Crippen LogP contribution in [-0.2, 0) is 14.8 Å². The van der Waals surface area contributed by atoms with Crippen LogP contribution in [0.2, 0.25) is 5.02 Å². The van der Waals surface area contributed by atoms with Gasteiger partial charge in [-0.05, 0) is 30.3 Å². The van der Waals surface area contributed by atoms with Gasteiger partial charge in [-0.2, -0.15) is 0 Å². The second-order valence-corrected chi connectivity index (χ2v) is 7.93. The van der Waals surface area contributed by atoms with Crippen molar-refractivity contribution in [3.8, 4) is 0 Å². The van der Waals surface area contributed by atoms with Crippen LogP contribution in [0.1, 0.15) is 16.8 Å². The van der Waals surface area contributed by atoms with E-state index >= 15 is 0 Å². The molecule has 0 radical (unpaired) electrons. The fourth-order valence-electron chi connectivity index (χ4n) is 2.62. The van der Waals surface area contributed by atoms with Gasteiger partial charge in [0.1, 0.15) is 0 Å². The average molecular weight is 379 g/mol. The van der Waals surface area contributed by atoms with Crippen molar-refractivity contribution in [1.29, 1.82) is 0 Å². The first-order valence-electron chi connectivity index (χ1n) is 7.50. The normalized spacial score (nSPS) is 16.1. The summed E-state index contributed by atoms with van der Waals surface area (Å²) in [5, 5.41) is 0.0835. The zero-order valence-corrected chi connectivity index (χ0v) is 14.9. The van der Waals surface area contributed by atoms with Crippen LogP contribution < -0.4 is 9.21 Å². The number of carbonyl (C=O) groups is 2. The third-order valence-corrected chi connectivity index (χ3v) is 5.95. The van der Waals surface area contributed by atoms with Crippen LogP contribution in [0.3, 0.4) is 0 Å². The molecule has 1 aliphatic rings. The van der Waals surface area contributed by atoms with Gasteiger partial charge in [-0.1, -0.05) is 29.8 Å². The molecule has 2 aromatic rings. The molecule has 0 bridgehead atoms. The molecule has 0 aliphatic carbocycles. The van der Waals surface area contributed by atoms with Gasteiger partial charge in [0.05, 0.1) is 22.0 Å². The summed E-state index contributed by atoms with van der Waals surface area (Å²) >= 11 is 6.19. The van der Waals surface area contributed by atoms with E-state index in [4.69, 9.17) is 11.6 Å². The first-order chi connectivity index (χ1) is 11.8. The van der Waals surface area contributed by atoms with Crippen molar-refractivity contribution in [1.82, 2.24) is 0 Å². The summed E-state index contributed by atoms with van der Waals surface area (Å²) < 4.78 is 24.7. The molecule has 1 fully saturated rings. The highest BCUT2D eigenvalue weighted by Crippen LogP contribution is 2.30. The lowest BCUT2D eigenvalue weighted by Crippen LogP contribution is -2.30. The molecule has 0 unspecified atom stereocenters. The molecule has 2 aromatic carbocycles. The third-order valence-electron chi connectivity index (χ3n) is 3.94. The Hall–Kier alpha value is -2.38. The summed E-state index contributed by atoms with van der Waals surface area (Å²) in [6.45, 7) is 0. The predicted octanol–water partition coefficient (Wildman–Crippen LogP) is 2.68. The summed E-state index contributed by atoms with van der Waals surface area (Å²) in [5.74, 6) is -1.06. The predicted molar refractivity (Wildman–Crippen MR) is 96.5 cm³/mol. The number of anilines is 2. The number of sulfonamides is 1. The smallest absolute Gasteiger partial charge is 0.259 e. The fraction of sp³-hybridized carbons (Fsp3) is 0.176. The Labute approximate surface area is 150 Å². The largest absolute Gasteiger partial charge is 0.311 e. The monoisotopic (exact) mass is 378 g/mol. The number of para-hydroxylation sites is 1. The van der Waals surface area contributed by atoms with Crippen molar-refractivity contribution >= 4 is 44.8 Å². The van der Waals surface area contributed by atoms with E-state index in [2.05, 4.69) is 0 Å². The Morgan fingerprint density at radius 3 is 2.40 bits per heavy atom. The van der Waals surface area contributed by atoms with Crippen molar-refractivity contribution in [2.45, 2.75) is 6.42 Å². The average Bonchev–Trinajstić information content (AvgIpc) is 2.87. The molecule has 0 saturated carbocycles. The van der Waals surface area contributed by atoms with Crippen molar-refractivity contribution in [3.05, 3.63) is 59.1 Å². The van der Waals surface area contributed by atoms with Gasteiger partial charge in [-0.3, -0.25) is 9.59 Å². The summed E-state index contributed by atoms with van der Waals surface area (Å²) in [5.41, 5.74) is 1.07. The zero-order chi connectivity index (χ0) is 18.2. The van der Waals surface area contributed by atoms with E-state index in [1.54, 1.807) is 19.2 Å². The summed E-state index contributed by atoms with van der Waals surface area (Å²) in [7, 11) is -2.05. The van der Waals surface area contributed by atoms with Crippen molar-refractivity contribution in [2.75, 3.05) is 22.0 Å². The maximum atomic E-state index is 12.6. The molecule has 0 aromatic heterocycles. The quantitative estimate of drug-likeness (QED) is 0.822. The molecule has 8 heteroatoms. The minimum atomic E-state index is -3.67. The number of nitrogens with zero attached hydrogens (tertiary/aromatic N) is 2. The zero-order valence-electron chi connectivity index (χ0n) is 13.3. The fourth-order valence-corrected chi connectivity index (χ4v) is 4.33. The van der Waals surface area contributed by atoms with Gasteiger partial charge in [-0.15, -0.1) is 0 Å². The standard InChI is InChI=1S/C17H15ClN2O4S/c1-19(12-5-3-2-4-6-12)17(22)14-8-7-13(11-15(14)18)20-16(21)9-10-25(20,23)24/h2-8,11H,9-10H2,1H3. The maximum absolute atomic E-state index is 12.6. The summed E-state index contributed by atoms with van der Waals surface area (Å²) in [4.78, 5) is 25.9. The Kier molecular flexibility index (Phi) is 4.53. The molecule has 25 heavy (non-hydrogen) atoms. The minimum absolute atomic E-state index is 0.0582. The number of hydrogen-bond acceptors (Lipinski definition) is 4. The first kappa shape index (κ1) is 17.4. The summed E-state index contributed by atoms with van der Waals surface area (Å²) in [6, 6.07) is 13.2. The van der Waals surface area contributed by atoms with Gasteiger partial charge < -0.3 is 4.90 Å². The minimum Gasteiger partial charge on any atom is -0.311 e. The van der Waals surface area contributed by atoms with Gasteiger partial charge in [-0.25, -0.2) is 12.7 Å². The van der Waals surface area contributed by atoms with E-state index in [1.165, 1.54) is 23.1 Å². The maximum Gasteiger partial charge on any atom is 0.259 e. The highest BCUT2D eigenvalue weighted by atomic mass is 35.5. The molecule has 0 atom stereocenters. The number of halogens is 1. The lowest BCUT2D eigenvalue weighted by molar-refractivity contribution is -0.116. The van der Waals surface area contributed by atoms with E-state index in [0.29, 0.717) is 5.69 Å². The van der Waals surface area contributed by atoms with E-state index in [9.17, 15) is 18.0 Å². The van der Waals surface area contributed by atoms with Gasteiger partial charge in [0.2, 0.25) is 15.9 Å². The van der Waals surface area contributed by atoms with Crippen LogP contribution >= 0.6 is 11.6 Å². The van der Waals surface area contributed by atoms with Crippen molar-refractivity contribution in [3.63, 3.8) is 0 Å². The Bertz CT molecular complexity index is 944. The number of carbonyl (C=O) groups excluding carboxylic acids is 2. The molecule has 130 valence electrons. The number of hydrogen-bond donors (Lipinski definition) is 0. The van der Waals surface area contributed by atoms with E-state index < -0.39 is 15.9 Å².